The van der Waals surface area contributed by atoms with E-state index in [1.807, 2.05) is 0 Å². The summed E-state index contributed by atoms with van der Waals surface area (Å²) in [6.07, 6.45) is 0.261. The quantitative estimate of drug-likeness (QED) is 0.503. The summed E-state index contributed by atoms with van der Waals surface area (Å²) in [7, 11) is 0. The van der Waals surface area contributed by atoms with Crippen molar-refractivity contribution in [1.29, 1.82) is 0 Å². The van der Waals surface area contributed by atoms with Gasteiger partial charge in [0.05, 0.1) is 23.6 Å². The third-order valence-electron chi connectivity index (χ3n) is 5.38. The second-order valence-electron chi connectivity index (χ2n) is 7.71. The van der Waals surface area contributed by atoms with Crippen molar-refractivity contribution in [2.24, 2.45) is 0 Å². The van der Waals surface area contributed by atoms with Gasteiger partial charge >= 0.3 is 6.36 Å². The Labute approximate surface area is 180 Å². The number of nitrogens with zero attached hydrogens (tertiary/aromatic N) is 4. The number of fused-ring (bicyclic) bond motifs is 3. The van der Waals surface area contributed by atoms with Gasteiger partial charge in [0.15, 0.2) is 0 Å². The van der Waals surface area contributed by atoms with Crippen molar-refractivity contribution in [3.8, 4) is 5.75 Å². The van der Waals surface area contributed by atoms with Crippen LogP contribution >= 0.6 is 0 Å². The second-order valence-corrected chi connectivity index (χ2v) is 7.71. The van der Waals surface area contributed by atoms with Crippen molar-refractivity contribution in [2.75, 3.05) is 5.73 Å². The molecular formula is C22H18F3N5O2. The van der Waals surface area contributed by atoms with Crippen molar-refractivity contribution in [2.45, 2.75) is 31.8 Å². The Kier molecular flexibility index (Phi) is 4.65. The molecule has 32 heavy (non-hydrogen) atoms. The van der Waals surface area contributed by atoms with Gasteiger partial charge in [-0.15, -0.1) is 13.2 Å². The Hall–Kier alpha value is -3.82. The molecule has 0 bridgehead atoms. The van der Waals surface area contributed by atoms with Crippen LogP contribution in [0, 0.1) is 0 Å². The summed E-state index contributed by atoms with van der Waals surface area (Å²) in [5.74, 6) is -0.0991. The zero-order chi connectivity index (χ0) is 22.5. The maximum absolute atomic E-state index is 13.4. The SMILES string of the molecule is Nc1nc2ccc(C(=O)N(Cc3ccc(OC(F)(F)F)cc3)C3CC3)cc2n2cncc12. The summed E-state index contributed by atoms with van der Waals surface area (Å²) in [6.45, 7) is 0.286. The van der Waals surface area contributed by atoms with Crippen LogP contribution in [0.1, 0.15) is 28.8 Å². The van der Waals surface area contributed by atoms with E-state index in [-0.39, 0.29) is 24.2 Å². The number of hydrogen-bond donors (Lipinski definition) is 1. The highest BCUT2D eigenvalue weighted by molar-refractivity contribution is 5.98. The van der Waals surface area contributed by atoms with Crippen LogP contribution in [-0.2, 0) is 6.54 Å². The monoisotopic (exact) mass is 441 g/mol. The van der Waals surface area contributed by atoms with Crippen molar-refractivity contribution in [3.05, 3.63) is 66.1 Å². The Morgan fingerprint density at radius 2 is 1.91 bits per heavy atom. The van der Waals surface area contributed by atoms with Gasteiger partial charge in [0, 0.05) is 18.2 Å². The maximum atomic E-state index is 13.4. The molecule has 5 rings (SSSR count). The zero-order valence-electron chi connectivity index (χ0n) is 16.7. The van der Waals surface area contributed by atoms with Gasteiger partial charge in [-0.1, -0.05) is 12.1 Å². The normalized spacial score (nSPS) is 14.1. The fourth-order valence-corrected chi connectivity index (χ4v) is 3.72. The lowest BCUT2D eigenvalue weighted by molar-refractivity contribution is -0.274. The molecule has 164 valence electrons. The maximum Gasteiger partial charge on any atom is 0.573 e. The predicted molar refractivity (Wildman–Crippen MR) is 111 cm³/mol. The number of nitrogens with two attached hydrogens (primary N) is 1. The second kappa shape index (κ2) is 7.40. The number of carbonyl (C=O) groups excluding carboxylic acids is 1. The highest BCUT2D eigenvalue weighted by Crippen LogP contribution is 2.31. The third-order valence-corrected chi connectivity index (χ3v) is 5.38. The van der Waals surface area contributed by atoms with Crippen molar-refractivity contribution in [1.82, 2.24) is 19.3 Å². The van der Waals surface area contributed by atoms with Crippen molar-refractivity contribution >= 4 is 28.3 Å². The smallest absolute Gasteiger partial charge is 0.406 e. The molecule has 1 saturated carbocycles. The number of alkyl halides is 3. The van der Waals surface area contributed by atoms with Gasteiger partial charge in [-0.3, -0.25) is 9.20 Å². The van der Waals surface area contributed by atoms with Crippen molar-refractivity contribution < 1.29 is 22.7 Å². The van der Waals surface area contributed by atoms with E-state index >= 15 is 0 Å². The van der Waals surface area contributed by atoms with Gasteiger partial charge in [-0.2, -0.15) is 0 Å². The van der Waals surface area contributed by atoms with Crippen LogP contribution in [0.2, 0.25) is 0 Å². The molecule has 1 aliphatic carbocycles. The lowest BCUT2D eigenvalue weighted by atomic mass is 10.1. The molecule has 2 N–H and O–H groups in total. The number of hydrogen-bond acceptors (Lipinski definition) is 5. The van der Waals surface area contributed by atoms with Gasteiger partial charge in [-0.05, 0) is 48.7 Å². The number of carbonyl (C=O) groups is 1. The molecule has 7 nitrogen and oxygen atoms in total. The number of benzene rings is 2. The Morgan fingerprint density at radius 3 is 2.59 bits per heavy atom. The summed E-state index contributed by atoms with van der Waals surface area (Å²) in [4.78, 5) is 23.6. The van der Waals surface area contributed by atoms with Gasteiger partial charge in [0.25, 0.3) is 5.91 Å². The number of nitrogen functional groups attached to an aromatic ring is 1. The van der Waals surface area contributed by atoms with E-state index in [9.17, 15) is 18.0 Å². The molecule has 0 aliphatic heterocycles. The van der Waals surface area contributed by atoms with E-state index in [0.29, 0.717) is 33.5 Å². The summed E-state index contributed by atoms with van der Waals surface area (Å²) in [5, 5.41) is 0. The van der Waals surface area contributed by atoms with Crippen LogP contribution in [0.3, 0.4) is 0 Å². The molecule has 2 heterocycles. The number of ether oxygens (including phenoxy) is 1. The highest BCUT2D eigenvalue weighted by Gasteiger charge is 2.34. The fourth-order valence-electron chi connectivity index (χ4n) is 3.72. The Balaban J connectivity index is 1.42. The van der Waals surface area contributed by atoms with E-state index in [4.69, 9.17) is 5.73 Å². The largest absolute Gasteiger partial charge is 0.573 e. The van der Waals surface area contributed by atoms with Crippen LogP contribution in [-0.4, -0.2) is 37.6 Å². The average molecular weight is 441 g/mol. The number of aromatic nitrogens is 3. The summed E-state index contributed by atoms with van der Waals surface area (Å²) >= 11 is 0. The first kappa shape index (κ1) is 20.1. The minimum Gasteiger partial charge on any atom is -0.406 e. The minimum atomic E-state index is -4.74. The van der Waals surface area contributed by atoms with E-state index < -0.39 is 6.36 Å². The van der Waals surface area contributed by atoms with E-state index in [2.05, 4.69) is 14.7 Å². The first-order valence-corrected chi connectivity index (χ1v) is 9.95. The third kappa shape index (κ3) is 3.91. The van der Waals surface area contributed by atoms with Crippen molar-refractivity contribution in [3.63, 3.8) is 0 Å². The molecule has 4 aromatic rings. The topological polar surface area (TPSA) is 85.8 Å². The fraction of sp³-hybridized carbons (Fsp3) is 0.227. The number of anilines is 1. The number of rotatable bonds is 5. The van der Waals surface area contributed by atoms with Gasteiger partial charge in [-0.25, -0.2) is 9.97 Å². The lowest BCUT2D eigenvalue weighted by Crippen LogP contribution is -2.32. The number of amides is 1. The highest BCUT2D eigenvalue weighted by atomic mass is 19.4. The van der Waals surface area contributed by atoms with Crippen LogP contribution in [0.4, 0.5) is 19.0 Å². The average Bonchev–Trinajstić information content (AvgIpc) is 3.46. The summed E-state index contributed by atoms with van der Waals surface area (Å²) < 4.78 is 42.8. The molecule has 0 spiro atoms. The first-order chi connectivity index (χ1) is 15.3. The zero-order valence-corrected chi connectivity index (χ0v) is 16.7. The molecular weight excluding hydrogens is 423 g/mol. The van der Waals surface area contributed by atoms with Gasteiger partial charge < -0.3 is 15.4 Å². The van der Waals surface area contributed by atoms with E-state index in [1.54, 1.807) is 40.0 Å². The Bertz CT molecular complexity index is 1310. The molecule has 0 atom stereocenters. The lowest BCUT2D eigenvalue weighted by Gasteiger charge is -2.23. The van der Waals surface area contributed by atoms with Gasteiger partial charge in [0.1, 0.15) is 17.1 Å². The van der Waals surface area contributed by atoms with Gasteiger partial charge in [0.2, 0.25) is 0 Å². The number of halogens is 3. The standard InChI is InChI=1S/C22H18F3N5O2/c23-22(24,25)32-16-6-1-13(2-7-16)11-29(15-4-5-15)21(31)14-3-8-17-18(9-14)30-12-27-10-19(30)20(26)28-17/h1-3,6-10,12,15H,4-5,11H2,(H2,26,28). The summed E-state index contributed by atoms with van der Waals surface area (Å²) in [6, 6.07) is 10.9. The molecule has 1 amide bonds. The number of imidazole rings is 1. The molecule has 2 aromatic carbocycles. The van der Waals surface area contributed by atoms with Crippen LogP contribution < -0.4 is 10.5 Å². The first-order valence-electron chi connectivity index (χ1n) is 9.95. The molecule has 10 heteroatoms. The van der Waals surface area contributed by atoms with Crippen LogP contribution in [0.25, 0.3) is 16.6 Å². The molecule has 1 fully saturated rings. The van der Waals surface area contributed by atoms with Crippen LogP contribution in [0.15, 0.2) is 55.0 Å². The molecule has 1 aliphatic rings. The summed E-state index contributed by atoms with van der Waals surface area (Å²) in [5.41, 5.74) is 9.18. The Morgan fingerprint density at radius 1 is 1.16 bits per heavy atom. The van der Waals surface area contributed by atoms with Crippen LogP contribution in [0.5, 0.6) is 5.75 Å². The molecule has 0 radical (unpaired) electrons. The van der Waals surface area contributed by atoms with E-state index in [1.165, 1.54) is 24.3 Å². The predicted octanol–water partition coefficient (Wildman–Crippen LogP) is 4.17. The molecule has 0 saturated heterocycles. The molecule has 2 aromatic heterocycles. The molecule has 0 unspecified atom stereocenters. The van der Waals surface area contributed by atoms with E-state index in [0.717, 1.165) is 12.8 Å². The minimum absolute atomic E-state index is 0.0992.